The summed E-state index contributed by atoms with van der Waals surface area (Å²) in [6, 6.07) is 23.5. The Balaban J connectivity index is 1.27. The molecular formula is C28H17FN6OS. The molecule has 0 amide bonds. The van der Waals surface area contributed by atoms with Crippen LogP contribution in [0.25, 0.3) is 44.2 Å². The normalized spacial score (nSPS) is 11.6. The summed E-state index contributed by atoms with van der Waals surface area (Å²) >= 11 is 1.39. The van der Waals surface area contributed by atoms with E-state index in [9.17, 15) is 9.18 Å². The van der Waals surface area contributed by atoms with Gasteiger partial charge in [0.25, 0.3) is 0 Å². The topological polar surface area (TPSA) is 77.5 Å². The molecule has 7 aromatic rings. The van der Waals surface area contributed by atoms with Crippen LogP contribution in [-0.4, -0.2) is 34.7 Å². The molecule has 0 fully saturated rings. The molecule has 5 aromatic heterocycles. The fourth-order valence-electron chi connectivity index (χ4n) is 4.42. The zero-order valence-electron chi connectivity index (χ0n) is 19.2. The number of ketones is 1. The highest BCUT2D eigenvalue weighted by Gasteiger charge is 2.19. The van der Waals surface area contributed by atoms with Crippen LogP contribution < -0.4 is 0 Å². The van der Waals surface area contributed by atoms with Crippen LogP contribution in [0, 0.1) is 5.82 Å². The highest BCUT2D eigenvalue weighted by Crippen LogP contribution is 2.32. The van der Waals surface area contributed by atoms with Crippen molar-refractivity contribution in [3.05, 3.63) is 108 Å². The van der Waals surface area contributed by atoms with Crippen molar-refractivity contribution >= 4 is 38.6 Å². The van der Waals surface area contributed by atoms with Gasteiger partial charge >= 0.3 is 0 Å². The minimum absolute atomic E-state index is 0.0785. The molecule has 0 unspecified atom stereocenters. The molecule has 0 saturated heterocycles. The molecule has 0 aliphatic rings. The summed E-state index contributed by atoms with van der Waals surface area (Å²) in [7, 11) is 0. The summed E-state index contributed by atoms with van der Waals surface area (Å²) in [4.78, 5) is 26.8. The molecule has 0 radical (unpaired) electrons. The van der Waals surface area contributed by atoms with Crippen LogP contribution in [0.1, 0.15) is 15.5 Å². The van der Waals surface area contributed by atoms with Gasteiger partial charge in [-0.1, -0.05) is 18.2 Å². The lowest BCUT2D eigenvalue weighted by atomic mass is 10.1. The number of rotatable bonds is 5. The fraction of sp³-hybridized carbons (Fsp3) is 0.0357. The number of pyridine rings is 1. The second-order valence-electron chi connectivity index (χ2n) is 8.59. The van der Waals surface area contributed by atoms with E-state index in [2.05, 4.69) is 9.97 Å². The number of para-hydroxylation sites is 1. The molecule has 178 valence electrons. The second kappa shape index (κ2) is 8.42. The quantitative estimate of drug-likeness (QED) is 0.273. The number of fused-ring (bicyclic) bond motifs is 3. The first-order valence-electron chi connectivity index (χ1n) is 11.6. The molecular weight excluding hydrogens is 487 g/mol. The third-order valence-corrected chi connectivity index (χ3v) is 7.21. The van der Waals surface area contributed by atoms with Gasteiger partial charge in [-0.15, -0.1) is 11.3 Å². The highest BCUT2D eigenvalue weighted by atomic mass is 32.1. The van der Waals surface area contributed by atoms with Gasteiger partial charge in [-0.25, -0.2) is 23.9 Å². The lowest BCUT2D eigenvalue weighted by molar-refractivity contribution is 0.0992. The maximum atomic E-state index is 13.6. The van der Waals surface area contributed by atoms with E-state index < -0.39 is 0 Å². The van der Waals surface area contributed by atoms with Crippen LogP contribution in [0.2, 0.25) is 0 Å². The largest absolute Gasteiger partial charge is 0.298 e. The maximum Gasteiger partial charge on any atom is 0.197 e. The maximum absolute atomic E-state index is 13.6. The Morgan fingerprint density at radius 3 is 2.57 bits per heavy atom. The predicted octanol–water partition coefficient (Wildman–Crippen LogP) is 5.89. The zero-order valence-corrected chi connectivity index (χ0v) is 20.1. The molecule has 0 atom stereocenters. The van der Waals surface area contributed by atoms with Crippen LogP contribution in [0.3, 0.4) is 0 Å². The molecule has 7 nitrogen and oxygen atoms in total. The molecule has 2 aromatic carbocycles. The number of carbonyl (C=O) groups excluding carboxylic acids is 1. The SMILES string of the molecule is O=C(Cc1cn2nc(-c3c(-c4ccc(F)cc4)nc4ccccn34)ccc2n1)c1nc2ccccc2s1. The third-order valence-electron chi connectivity index (χ3n) is 6.13. The van der Waals surface area contributed by atoms with Crippen molar-refractivity contribution in [1.82, 2.24) is 29.0 Å². The summed E-state index contributed by atoms with van der Waals surface area (Å²) in [6.07, 6.45) is 3.83. The molecule has 0 spiro atoms. The average Bonchev–Trinajstić information content (AvgIpc) is 3.63. The standard InChI is InChI=1S/C28H17FN6OS/c29-18-10-8-17(9-11-18)26-27(34-14-4-3-7-24(34)32-26)21-12-13-25-30-19(16-35(25)33-21)15-22(36)28-31-20-5-1-2-6-23(20)37-28/h1-14,16H,15H2. The number of nitrogens with zero attached hydrogens (tertiary/aromatic N) is 6. The summed E-state index contributed by atoms with van der Waals surface area (Å²) in [5, 5.41) is 5.28. The monoisotopic (exact) mass is 504 g/mol. The van der Waals surface area contributed by atoms with Crippen molar-refractivity contribution in [3.8, 4) is 22.6 Å². The third kappa shape index (κ3) is 3.76. The molecule has 0 aliphatic heterocycles. The van der Waals surface area contributed by atoms with Gasteiger partial charge in [-0.3, -0.25) is 9.20 Å². The average molecular weight is 505 g/mol. The summed E-state index contributed by atoms with van der Waals surface area (Å²) in [5.41, 5.74) is 5.77. The smallest absolute Gasteiger partial charge is 0.197 e. The van der Waals surface area contributed by atoms with Crippen LogP contribution >= 0.6 is 11.3 Å². The van der Waals surface area contributed by atoms with Gasteiger partial charge in [0.05, 0.1) is 34.2 Å². The Morgan fingerprint density at radius 1 is 0.865 bits per heavy atom. The van der Waals surface area contributed by atoms with Crippen molar-refractivity contribution < 1.29 is 9.18 Å². The van der Waals surface area contributed by atoms with E-state index in [1.54, 1.807) is 22.8 Å². The minimum Gasteiger partial charge on any atom is -0.298 e. The Bertz CT molecular complexity index is 1920. The van der Waals surface area contributed by atoms with Crippen molar-refractivity contribution in [2.45, 2.75) is 6.42 Å². The van der Waals surface area contributed by atoms with E-state index in [1.807, 2.05) is 65.2 Å². The summed E-state index contributed by atoms with van der Waals surface area (Å²) in [6.45, 7) is 0. The number of hydrogen-bond donors (Lipinski definition) is 0. The van der Waals surface area contributed by atoms with Gasteiger partial charge in [0, 0.05) is 11.8 Å². The van der Waals surface area contributed by atoms with E-state index >= 15 is 0 Å². The molecule has 5 heterocycles. The number of imidazole rings is 2. The number of carbonyl (C=O) groups is 1. The minimum atomic E-state index is -0.306. The van der Waals surface area contributed by atoms with Gasteiger partial charge in [-0.2, -0.15) is 5.10 Å². The highest BCUT2D eigenvalue weighted by molar-refractivity contribution is 7.20. The van der Waals surface area contributed by atoms with Crippen molar-refractivity contribution in [1.29, 1.82) is 0 Å². The van der Waals surface area contributed by atoms with E-state index in [0.29, 0.717) is 27.7 Å². The Kier molecular flexibility index (Phi) is 4.90. The lowest BCUT2D eigenvalue weighted by Gasteiger charge is -2.05. The second-order valence-corrected chi connectivity index (χ2v) is 9.62. The van der Waals surface area contributed by atoms with Crippen molar-refractivity contribution in [2.24, 2.45) is 0 Å². The number of benzene rings is 2. The van der Waals surface area contributed by atoms with Crippen molar-refractivity contribution in [2.75, 3.05) is 0 Å². The number of aromatic nitrogens is 6. The Morgan fingerprint density at radius 2 is 1.70 bits per heavy atom. The molecule has 9 heteroatoms. The van der Waals surface area contributed by atoms with E-state index in [1.165, 1.54) is 23.5 Å². The van der Waals surface area contributed by atoms with E-state index in [0.717, 1.165) is 27.1 Å². The number of thiazole rings is 1. The molecule has 0 bridgehead atoms. The van der Waals surface area contributed by atoms with Crippen molar-refractivity contribution in [3.63, 3.8) is 0 Å². The first-order valence-corrected chi connectivity index (χ1v) is 12.4. The van der Waals surface area contributed by atoms with Crippen LogP contribution in [0.4, 0.5) is 4.39 Å². The fourth-order valence-corrected chi connectivity index (χ4v) is 5.33. The Hall–Kier alpha value is -4.76. The number of halogens is 1. The summed E-state index contributed by atoms with van der Waals surface area (Å²) < 4.78 is 18.2. The first-order chi connectivity index (χ1) is 18.1. The number of hydrogen-bond acceptors (Lipinski definition) is 6. The van der Waals surface area contributed by atoms with Crippen LogP contribution in [-0.2, 0) is 6.42 Å². The molecule has 0 aliphatic carbocycles. The molecule has 37 heavy (non-hydrogen) atoms. The molecule has 0 N–H and O–H groups in total. The predicted molar refractivity (Wildman–Crippen MR) is 140 cm³/mol. The van der Waals surface area contributed by atoms with E-state index in [4.69, 9.17) is 10.1 Å². The first kappa shape index (κ1) is 21.5. The molecule has 0 saturated carbocycles. The molecule has 7 rings (SSSR count). The van der Waals surface area contributed by atoms with Gasteiger partial charge in [-0.05, 0) is 60.7 Å². The van der Waals surface area contributed by atoms with E-state index in [-0.39, 0.29) is 18.0 Å². The van der Waals surface area contributed by atoms with Crippen LogP contribution in [0.5, 0.6) is 0 Å². The Labute approximate surface area is 213 Å². The van der Waals surface area contributed by atoms with Gasteiger partial charge in [0.15, 0.2) is 16.4 Å². The zero-order chi connectivity index (χ0) is 24.9. The van der Waals surface area contributed by atoms with Gasteiger partial charge in [0.1, 0.15) is 22.9 Å². The van der Waals surface area contributed by atoms with Gasteiger partial charge in [0.2, 0.25) is 0 Å². The summed E-state index contributed by atoms with van der Waals surface area (Å²) in [5.74, 6) is -0.384. The van der Waals surface area contributed by atoms with Crippen LogP contribution in [0.15, 0.2) is 91.3 Å². The lowest BCUT2D eigenvalue weighted by Crippen LogP contribution is -2.03. The van der Waals surface area contributed by atoms with Gasteiger partial charge < -0.3 is 0 Å². The number of Topliss-reactive ketones (excluding diaryl/α,β-unsaturated/α-hetero) is 1.